The quantitative estimate of drug-likeness (QED) is 0.0754. The summed E-state index contributed by atoms with van der Waals surface area (Å²) in [7, 11) is 1.63. The number of H-pyrrole nitrogens is 4. The van der Waals surface area contributed by atoms with Crippen molar-refractivity contribution in [3.63, 3.8) is 0 Å². The van der Waals surface area contributed by atoms with E-state index >= 15 is 0 Å². The fourth-order valence-corrected chi connectivity index (χ4v) is 10.0. The normalized spacial score (nSPS) is 12.7. The summed E-state index contributed by atoms with van der Waals surface area (Å²) in [5.74, 6) is 5.24. The van der Waals surface area contributed by atoms with Crippen LogP contribution < -0.4 is 26.7 Å². The number of aromatic nitrogens is 9. The molecule has 19 heteroatoms. The van der Waals surface area contributed by atoms with Gasteiger partial charge in [-0.3, -0.25) is 19.2 Å². The Kier molecular flexibility index (Phi) is 31.5. The number of primary amides is 1. The second-order valence-corrected chi connectivity index (χ2v) is 37.4. The molecule has 0 bridgehead atoms. The molecule has 3 amide bonds. The number of fused-ring (bicyclic) bond motifs is 4. The highest BCUT2D eigenvalue weighted by Gasteiger charge is 2.26. The zero-order valence-electron chi connectivity index (χ0n) is 71.5. The first-order valence-corrected chi connectivity index (χ1v) is 37.4. The van der Waals surface area contributed by atoms with Crippen LogP contribution in [0.1, 0.15) is 288 Å². The molecule has 0 atom stereocenters. The second-order valence-electron chi connectivity index (χ2n) is 37.4. The van der Waals surface area contributed by atoms with Crippen molar-refractivity contribution < 1.29 is 28.6 Å². The minimum atomic E-state index is -0.854. The number of ether oxygens (including phenoxy) is 1. The van der Waals surface area contributed by atoms with Crippen molar-refractivity contribution in [3.05, 3.63) is 235 Å². The predicted molar refractivity (Wildman–Crippen MR) is 450 cm³/mol. The first-order valence-electron chi connectivity index (χ1n) is 37.4. The summed E-state index contributed by atoms with van der Waals surface area (Å²) in [6.45, 7) is 61.9. The Balaban J connectivity index is 0.000000262. The molecule has 0 aliphatic carbocycles. The number of benzene rings is 3. The van der Waals surface area contributed by atoms with E-state index in [0.29, 0.717) is 19.0 Å². The summed E-state index contributed by atoms with van der Waals surface area (Å²) in [5, 5.41) is 27.5. The average molecular weight is 1500 g/mol. The monoisotopic (exact) mass is 1500 g/mol. The third-order valence-corrected chi connectivity index (χ3v) is 17.3. The van der Waals surface area contributed by atoms with Crippen molar-refractivity contribution >= 4 is 39.8 Å². The average Bonchev–Trinajstić information content (AvgIpc) is 1.62. The van der Waals surface area contributed by atoms with Crippen molar-refractivity contribution in [2.24, 2.45) is 11.1 Å². The van der Waals surface area contributed by atoms with Gasteiger partial charge < -0.3 is 41.2 Å². The van der Waals surface area contributed by atoms with Crippen molar-refractivity contribution in [2.75, 3.05) is 7.11 Å². The molecule has 0 radical (unpaired) electrons. The molecule has 12 rings (SSSR count). The van der Waals surface area contributed by atoms with Crippen molar-refractivity contribution in [1.82, 2.24) is 55.9 Å². The highest BCUT2D eigenvalue weighted by Crippen LogP contribution is 2.31. The zero-order valence-corrected chi connectivity index (χ0v) is 71.5. The van der Waals surface area contributed by atoms with Crippen LogP contribution in [0.2, 0.25) is 0 Å². The number of halogens is 1. The van der Waals surface area contributed by atoms with E-state index in [1.54, 1.807) is 51.7 Å². The van der Waals surface area contributed by atoms with Crippen molar-refractivity contribution in [3.8, 4) is 17.7 Å². The maximum absolute atomic E-state index is 13.1. The Morgan fingerprint density at radius 3 is 1.19 bits per heavy atom. The van der Waals surface area contributed by atoms with Crippen LogP contribution in [-0.4, -0.2) is 80.9 Å². The maximum Gasteiger partial charge on any atom is 0.251 e. The Bertz CT molecular complexity index is 4560. The van der Waals surface area contributed by atoms with Gasteiger partial charge in [0.15, 0.2) is 0 Å². The number of methoxy groups -OCH3 is 1. The highest BCUT2D eigenvalue weighted by atomic mass is 19.1. The number of amides is 3. The van der Waals surface area contributed by atoms with Gasteiger partial charge in [-0.25, -0.2) is 19.3 Å². The third kappa shape index (κ3) is 30.8. The number of aromatic amines is 4. The number of carbonyl (C=O) groups excluding carboxylic acids is 3. The molecule has 2 aliphatic rings. The lowest BCUT2D eigenvalue weighted by molar-refractivity contribution is 0.0957. The molecule has 0 unspecified atom stereocenters. The van der Waals surface area contributed by atoms with E-state index < -0.39 is 17.3 Å². The van der Waals surface area contributed by atoms with E-state index in [9.17, 15) is 28.7 Å². The van der Waals surface area contributed by atoms with E-state index in [-0.39, 0.29) is 71.7 Å². The molecule has 0 spiro atoms. The van der Waals surface area contributed by atoms with Gasteiger partial charge in [0.05, 0.1) is 24.6 Å². The van der Waals surface area contributed by atoms with Crippen LogP contribution in [0.4, 0.5) is 4.39 Å². The van der Waals surface area contributed by atoms with Crippen LogP contribution in [0.25, 0.3) is 22.1 Å². The summed E-state index contributed by atoms with van der Waals surface area (Å²) in [6.07, 6.45) is 12.9. The number of nitrogens with zero attached hydrogens (tertiary/aromatic N) is 5. The molecule has 2 aliphatic heterocycles. The number of hydrogen-bond donors (Lipinski definition) is 8. The first kappa shape index (κ1) is 92.3. The predicted octanol–water partition coefficient (Wildman–Crippen LogP) is 19.4. The fraction of sp³-hybridized carbons (Fsp3) is 0.462. The van der Waals surface area contributed by atoms with Crippen LogP contribution in [0, 0.1) is 23.1 Å². The fourth-order valence-electron chi connectivity index (χ4n) is 10.0. The first-order chi connectivity index (χ1) is 50.3. The lowest BCUT2D eigenvalue weighted by Crippen LogP contribution is -2.17. The van der Waals surface area contributed by atoms with E-state index in [0.717, 1.165) is 50.4 Å². The van der Waals surface area contributed by atoms with Gasteiger partial charge in [0, 0.05) is 95.1 Å². The van der Waals surface area contributed by atoms with Crippen molar-refractivity contribution in [1.29, 1.82) is 0 Å². The van der Waals surface area contributed by atoms with Gasteiger partial charge in [0.2, 0.25) is 11.4 Å². The van der Waals surface area contributed by atoms with Gasteiger partial charge in [-0.15, -0.1) is 0 Å². The van der Waals surface area contributed by atoms with Crippen LogP contribution in [0.3, 0.4) is 0 Å². The molecular weight excluding hydrogens is 1380 g/mol. The van der Waals surface area contributed by atoms with Crippen LogP contribution in [0.15, 0.2) is 151 Å². The molecule has 9 N–H and O–H groups in total. The molecule has 0 saturated carbocycles. The minimum Gasteiger partial charge on any atom is -0.481 e. The van der Waals surface area contributed by atoms with E-state index in [4.69, 9.17) is 10.5 Å². The molecule has 18 nitrogen and oxygen atoms in total. The van der Waals surface area contributed by atoms with Crippen LogP contribution in [-0.2, 0) is 56.4 Å². The number of carbonyl (C=O) groups is 3. The van der Waals surface area contributed by atoms with Gasteiger partial charge >= 0.3 is 0 Å². The van der Waals surface area contributed by atoms with Gasteiger partial charge in [0.25, 0.3) is 17.7 Å². The lowest BCUT2D eigenvalue weighted by Gasteiger charge is -2.19. The highest BCUT2D eigenvalue weighted by molar-refractivity contribution is 5.99. The molecule has 594 valence electrons. The second kappa shape index (κ2) is 37.6. The largest absolute Gasteiger partial charge is 0.481 e. The standard InChI is InChI=1S/2C12H15NO.C11H14FNO.2C11H14N2.C10H15NO.C9H13NO.C9H16O.C6H11N3/c2*1-12(2,3)9-5-4-8-7-13-11(14)10(8)6-9;1-11(2,3)7-4-5-9(12)8(6-7)10(13)14;2*1-11(2,3)9-6-8-4-5-12-10(8)13-7-9;1-10(2,3)8-5-6-11-9(7-8)12-4;1-9(2,3)7-4-5-10-8(11)6-7;1-8(2,3)6-7-9(4,5)10;1-6(2,3)5-4-7-9-8-5/h2*4-6H,7H2,1-3H3,(H,13,14);4-6H,1-3H3,(H2,13,14);2*4-7H,1-3H3,(H,12,13);5-7H,1-4H3;4-6H,1-3H3,(H,10,11);10H,1-5H3;4H,1-3H3,(H,7,8,9). The molecule has 3 aromatic carbocycles. The topological polar surface area (TPSA) is 275 Å². The molecule has 110 heavy (non-hydrogen) atoms. The zero-order chi connectivity index (χ0) is 83.6. The van der Waals surface area contributed by atoms with E-state index in [1.807, 2.05) is 109 Å². The SMILES string of the molecule is CC(C)(C)C#CC(C)(C)O.CC(C)(C)c1cc[nH]c(=O)c1.CC(C)(C)c1ccc(F)c(C(N)=O)c1.CC(C)(C)c1ccc2c(c1)C(=O)NC2.CC(C)(C)c1ccc2c(c1)C(=O)NC2.CC(C)(C)c1cn[nH]n1.CC(C)(C)c1cnc2[nH]ccc2c1.CC(C)(C)c1cnc2[nH]ccc2c1.COc1cc(C(C)(C)C)ccn1. The minimum absolute atomic E-state index is 0.0139. The summed E-state index contributed by atoms with van der Waals surface area (Å²) >= 11 is 0. The number of pyridine rings is 4. The maximum atomic E-state index is 13.1. The summed E-state index contributed by atoms with van der Waals surface area (Å²) in [4.78, 5) is 66.1. The number of nitrogens with two attached hydrogens (primary N) is 1. The van der Waals surface area contributed by atoms with Crippen molar-refractivity contribution in [2.45, 2.75) is 263 Å². The van der Waals surface area contributed by atoms with Gasteiger partial charge in [0.1, 0.15) is 22.7 Å². The Labute approximate surface area is 654 Å². The molecule has 0 saturated heterocycles. The number of nitrogens with one attached hydrogen (secondary N) is 6. The van der Waals surface area contributed by atoms with Crippen LogP contribution >= 0.6 is 0 Å². The van der Waals surface area contributed by atoms with Crippen LogP contribution in [0.5, 0.6) is 5.88 Å². The Morgan fingerprint density at radius 1 is 0.455 bits per heavy atom. The number of hydrogen-bond acceptors (Lipinski definition) is 11. The summed E-state index contributed by atoms with van der Waals surface area (Å²) in [5.41, 5.74) is 20.0. The smallest absolute Gasteiger partial charge is 0.251 e. The molecule has 0 fully saturated rings. The van der Waals surface area contributed by atoms with E-state index in [2.05, 4.69) is 250 Å². The van der Waals surface area contributed by atoms with Gasteiger partial charge in [-0.05, 0) is 183 Å². The van der Waals surface area contributed by atoms with E-state index in [1.165, 1.54) is 50.7 Å². The number of aliphatic hydroxyl groups is 1. The molecule has 7 aromatic heterocycles. The third-order valence-electron chi connectivity index (χ3n) is 17.3. The lowest BCUT2D eigenvalue weighted by atomic mass is 9.85. The number of rotatable bonds is 2. The summed E-state index contributed by atoms with van der Waals surface area (Å²) in [6, 6.07) is 32.9. The van der Waals surface area contributed by atoms with Gasteiger partial charge in [-0.2, -0.15) is 15.4 Å². The van der Waals surface area contributed by atoms with Gasteiger partial charge in [-0.1, -0.05) is 208 Å². The summed E-state index contributed by atoms with van der Waals surface area (Å²) < 4.78 is 18.1. The molecule has 9 heterocycles. The molecular formula is C91H127FN12O6. The Hall–Kier alpha value is -10.1. The Morgan fingerprint density at radius 2 is 0.855 bits per heavy atom. The molecule has 10 aromatic rings.